The zero-order valence-electron chi connectivity index (χ0n) is 16.0. The van der Waals surface area contributed by atoms with E-state index in [1.54, 1.807) is 17.5 Å². The van der Waals surface area contributed by atoms with Crippen LogP contribution in [0.15, 0.2) is 60.0 Å². The van der Waals surface area contributed by atoms with E-state index in [2.05, 4.69) is 10.3 Å². The highest BCUT2D eigenvalue weighted by Gasteiger charge is 2.32. The normalized spacial score (nSPS) is 17.4. The van der Waals surface area contributed by atoms with Crippen molar-refractivity contribution in [2.75, 3.05) is 29.9 Å². The third kappa shape index (κ3) is 4.75. The van der Waals surface area contributed by atoms with Crippen LogP contribution in [0.25, 0.3) is 11.3 Å². The van der Waals surface area contributed by atoms with Crippen LogP contribution < -0.4 is 5.32 Å². The number of carbonyl (C=O) groups is 1. The number of aromatic nitrogens is 1. The summed E-state index contributed by atoms with van der Waals surface area (Å²) in [6.07, 6.45) is 0. The highest BCUT2D eigenvalue weighted by Crippen LogP contribution is 2.28. The molecular formula is C21H20FN3O3S2. The summed E-state index contributed by atoms with van der Waals surface area (Å²) in [6.45, 7) is 0.587. The standard InChI is InChI=1S/C21H20FN3O3S2/c22-17-8-4-7-16(13-17)18-14-29-21(23-18)24-20(26)19(15-5-2-1-3-6-15)25-9-11-30(27,28)12-10-25/h1-8,13-14,19H,9-12H2,(H,23,24,26). The van der Waals surface area contributed by atoms with Gasteiger partial charge in [-0.3, -0.25) is 9.69 Å². The van der Waals surface area contributed by atoms with E-state index in [1.807, 2.05) is 35.2 Å². The minimum atomic E-state index is -3.06. The summed E-state index contributed by atoms with van der Waals surface area (Å²) in [4.78, 5) is 19.5. The van der Waals surface area contributed by atoms with Crippen molar-refractivity contribution < 1.29 is 17.6 Å². The Balaban J connectivity index is 1.55. The minimum Gasteiger partial charge on any atom is -0.300 e. The molecule has 0 radical (unpaired) electrons. The third-order valence-electron chi connectivity index (χ3n) is 4.96. The van der Waals surface area contributed by atoms with Gasteiger partial charge in [-0.1, -0.05) is 42.5 Å². The van der Waals surface area contributed by atoms with Gasteiger partial charge in [0.25, 0.3) is 0 Å². The Morgan fingerprint density at radius 1 is 1.10 bits per heavy atom. The molecule has 1 fully saturated rings. The molecule has 1 amide bonds. The second kappa shape index (κ2) is 8.63. The smallest absolute Gasteiger partial charge is 0.248 e. The van der Waals surface area contributed by atoms with E-state index in [0.29, 0.717) is 29.5 Å². The van der Waals surface area contributed by atoms with E-state index in [9.17, 15) is 17.6 Å². The molecule has 4 rings (SSSR count). The number of nitrogens with zero attached hydrogens (tertiary/aromatic N) is 2. The molecular weight excluding hydrogens is 425 g/mol. The van der Waals surface area contributed by atoms with E-state index >= 15 is 0 Å². The second-order valence-corrected chi connectivity index (χ2v) is 10.2. The van der Waals surface area contributed by atoms with Crippen molar-refractivity contribution in [3.05, 3.63) is 71.4 Å². The monoisotopic (exact) mass is 445 g/mol. The van der Waals surface area contributed by atoms with Gasteiger partial charge in [0.2, 0.25) is 5.91 Å². The second-order valence-electron chi connectivity index (χ2n) is 7.04. The maximum Gasteiger partial charge on any atom is 0.248 e. The van der Waals surface area contributed by atoms with Gasteiger partial charge >= 0.3 is 0 Å². The quantitative estimate of drug-likeness (QED) is 0.652. The number of hydrogen-bond donors (Lipinski definition) is 1. The summed E-state index contributed by atoms with van der Waals surface area (Å²) < 4.78 is 37.1. The van der Waals surface area contributed by atoms with Gasteiger partial charge in [0.1, 0.15) is 11.9 Å². The Morgan fingerprint density at radius 2 is 1.83 bits per heavy atom. The maximum absolute atomic E-state index is 13.5. The van der Waals surface area contributed by atoms with Gasteiger partial charge in [-0.25, -0.2) is 17.8 Å². The van der Waals surface area contributed by atoms with Crippen LogP contribution in [0.1, 0.15) is 11.6 Å². The SMILES string of the molecule is O=C(Nc1nc(-c2cccc(F)c2)cs1)C(c1ccccc1)N1CCS(=O)(=O)CC1. The first-order valence-corrected chi connectivity index (χ1v) is 12.1. The van der Waals surface area contributed by atoms with Gasteiger partial charge < -0.3 is 5.32 Å². The van der Waals surface area contributed by atoms with Crippen LogP contribution in [0.4, 0.5) is 9.52 Å². The molecule has 1 saturated heterocycles. The fourth-order valence-corrected chi connectivity index (χ4v) is 5.39. The third-order valence-corrected chi connectivity index (χ3v) is 7.33. The summed E-state index contributed by atoms with van der Waals surface area (Å²) in [5.74, 6) is -0.564. The van der Waals surface area contributed by atoms with E-state index in [0.717, 1.165) is 5.56 Å². The van der Waals surface area contributed by atoms with Crippen LogP contribution in [-0.2, 0) is 14.6 Å². The molecule has 1 aromatic heterocycles. The molecule has 0 bridgehead atoms. The van der Waals surface area contributed by atoms with Crippen LogP contribution >= 0.6 is 11.3 Å². The van der Waals surface area contributed by atoms with Gasteiger partial charge in [0, 0.05) is 24.0 Å². The van der Waals surface area contributed by atoms with Gasteiger partial charge in [0.15, 0.2) is 15.0 Å². The van der Waals surface area contributed by atoms with Crippen LogP contribution in [0.5, 0.6) is 0 Å². The zero-order valence-corrected chi connectivity index (χ0v) is 17.6. The zero-order chi connectivity index (χ0) is 21.1. The highest BCUT2D eigenvalue weighted by molar-refractivity contribution is 7.91. The van der Waals surface area contributed by atoms with Crippen molar-refractivity contribution in [2.45, 2.75) is 6.04 Å². The van der Waals surface area contributed by atoms with Crippen molar-refractivity contribution in [1.82, 2.24) is 9.88 Å². The number of halogens is 1. The Morgan fingerprint density at radius 3 is 2.53 bits per heavy atom. The number of thiazole rings is 1. The number of anilines is 1. The minimum absolute atomic E-state index is 0.0323. The van der Waals surface area contributed by atoms with Gasteiger partial charge in [0.05, 0.1) is 17.2 Å². The molecule has 9 heteroatoms. The molecule has 0 saturated carbocycles. The summed E-state index contributed by atoms with van der Waals surface area (Å²) in [5, 5.41) is 5.01. The predicted molar refractivity (Wildman–Crippen MR) is 116 cm³/mol. The first-order valence-electron chi connectivity index (χ1n) is 9.43. The van der Waals surface area contributed by atoms with Crippen LogP contribution in [0, 0.1) is 5.82 Å². The molecule has 0 aliphatic carbocycles. The topological polar surface area (TPSA) is 79.4 Å². The van der Waals surface area contributed by atoms with Crippen molar-refractivity contribution in [1.29, 1.82) is 0 Å². The molecule has 1 aliphatic rings. The fourth-order valence-electron chi connectivity index (χ4n) is 3.43. The lowest BCUT2D eigenvalue weighted by atomic mass is 10.0. The Bertz CT molecular complexity index is 1140. The number of rotatable bonds is 5. The fraction of sp³-hybridized carbons (Fsp3) is 0.238. The van der Waals surface area contributed by atoms with E-state index in [4.69, 9.17) is 0 Å². The number of benzene rings is 2. The van der Waals surface area contributed by atoms with E-state index in [1.165, 1.54) is 23.5 Å². The van der Waals surface area contributed by atoms with Crippen molar-refractivity contribution >= 4 is 32.2 Å². The Labute approximate surface area is 178 Å². The van der Waals surface area contributed by atoms with Crippen LogP contribution in [0.2, 0.25) is 0 Å². The molecule has 6 nitrogen and oxygen atoms in total. The largest absolute Gasteiger partial charge is 0.300 e. The van der Waals surface area contributed by atoms with Crippen molar-refractivity contribution in [3.8, 4) is 11.3 Å². The van der Waals surface area contributed by atoms with E-state index in [-0.39, 0.29) is 23.2 Å². The number of hydrogen-bond acceptors (Lipinski definition) is 6. The molecule has 0 spiro atoms. The predicted octanol–water partition coefficient (Wildman–Crippen LogP) is 3.36. The molecule has 156 valence electrons. The van der Waals surface area contributed by atoms with Crippen molar-refractivity contribution in [2.24, 2.45) is 0 Å². The molecule has 3 aromatic rings. The summed E-state index contributed by atoms with van der Waals surface area (Å²) >= 11 is 1.26. The Hall–Kier alpha value is -2.62. The van der Waals surface area contributed by atoms with Gasteiger partial charge in [-0.2, -0.15) is 0 Å². The lowest BCUT2D eigenvalue weighted by molar-refractivity contribution is -0.121. The van der Waals surface area contributed by atoms with Crippen LogP contribution in [-0.4, -0.2) is 48.8 Å². The molecule has 1 unspecified atom stereocenters. The molecule has 1 aliphatic heterocycles. The van der Waals surface area contributed by atoms with Crippen LogP contribution in [0.3, 0.4) is 0 Å². The molecule has 1 atom stereocenters. The molecule has 2 aromatic carbocycles. The molecule has 2 heterocycles. The number of amides is 1. The van der Waals surface area contributed by atoms with Gasteiger partial charge in [-0.05, 0) is 17.7 Å². The van der Waals surface area contributed by atoms with Gasteiger partial charge in [-0.15, -0.1) is 11.3 Å². The Kier molecular flexibility index (Phi) is 5.94. The van der Waals surface area contributed by atoms with Crippen molar-refractivity contribution in [3.63, 3.8) is 0 Å². The van der Waals surface area contributed by atoms with E-state index < -0.39 is 15.9 Å². The summed E-state index contributed by atoms with van der Waals surface area (Å²) in [7, 11) is -3.06. The highest BCUT2D eigenvalue weighted by atomic mass is 32.2. The average Bonchev–Trinajstić information content (AvgIpc) is 3.19. The first kappa shape index (κ1) is 20.6. The first-order chi connectivity index (χ1) is 14.4. The molecule has 30 heavy (non-hydrogen) atoms. The summed E-state index contributed by atoms with van der Waals surface area (Å²) in [5.41, 5.74) is 2.00. The number of carbonyl (C=O) groups excluding carboxylic acids is 1. The maximum atomic E-state index is 13.5. The number of sulfone groups is 1. The molecule has 1 N–H and O–H groups in total. The average molecular weight is 446 g/mol. The number of nitrogens with one attached hydrogen (secondary N) is 1. The lowest BCUT2D eigenvalue weighted by Gasteiger charge is -2.33. The summed E-state index contributed by atoms with van der Waals surface area (Å²) in [6, 6.07) is 14.8. The lowest BCUT2D eigenvalue weighted by Crippen LogP contribution is -2.46.